The van der Waals surface area contributed by atoms with Crippen LogP contribution in [0, 0.1) is 0 Å². The summed E-state index contributed by atoms with van der Waals surface area (Å²) < 4.78 is 0. The Hall–Kier alpha value is -2.04. The van der Waals surface area contributed by atoms with Crippen molar-refractivity contribution in [1.82, 2.24) is 5.32 Å². The standard InChI is InChI=1S/C13H18N4O2/c1-10(11-5-3-2-4-6-11)9-12(13(18)19)15-7-8-16-17-14/h2-6,10,12,15H,7-9H2,1H3,(H,18,19). The van der Waals surface area contributed by atoms with Crippen molar-refractivity contribution in [2.75, 3.05) is 13.1 Å². The molecule has 6 heteroatoms. The van der Waals surface area contributed by atoms with Crippen molar-refractivity contribution >= 4 is 5.97 Å². The van der Waals surface area contributed by atoms with E-state index in [0.717, 1.165) is 5.56 Å². The summed E-state index contributed by atoms with van der Waals surface area (Å²) in [5.41, 5.74) is 9.27. The van der Waals surface area contributed by atoms with Gasteiger partial charge in [0.2, 0.25) is 0 Å². The van der Waals surface area contributed by atoms with Crippen molar-refractivity contribution < 1.29 is 9.90 Å². The molecule has 0 saturated carbocycles. The molecule has 2 unspecified atom stereocenters. The van der Waals surface area contributed by atoms with Crippen molar-refractivity contribution in [1.29, 1.82) is 0 Å². The molecular formula is C13H18N4O2. The van der Waals surface area contributed by atoms with Gasteiger partial charge in [-0.2, -0.15) is 0 Å². The van der Waals surface area contributed by atoms with Crippen LogP contribution in [0.15, 0.2) is 35.4 Å². The van der Waals surface area contributed by atoms with E-state index in [2.05, 4.69) is 15.3 Å². The number of aliphatic carboxylic acids is 1. The van der Waals surface area contributed by atoms with Gasteiger partial charge in [-0.1, -0.05) is 42.4 Å². The molecule has 102 valence electrons. The molecule has 0 aliphatic rings. The Balaban J connectivity index is 2.53. The van der Waals surface area contributed by atoms with Gasteiger partial charge in [0.05, 0.1) is 0 Å². The molecule has 0 aromatic heterocycles. The van der Waals surface area contributed by atoms with Gasteiger partial charge in [-0.25, -0.2) is 0 Å². The number of carbonyl (C=O) groups is 1. The summed E-state index contributed by atoms with van der Waals surface area (Å²) in [6, 6.07) is 9.16. The Morgan fingerprint density at radius 1 is 1.47 bits per heavy atom. The van der Waals surface area contributed by atoms with Crippen LogP contribution in [0.4, 0.5) is 0 Å². The molecule has 2 atom stereocenters. The number of nitrogens with one attached hydrogen (secondary N) is 1. The summed E-state index contributed by atoms with van der Waals surface area (Å²) in [6.07, 6.45) is 0.496. The summed E-state index contributed by atoms with van der Waals surface area (Å²) in [5.74, 6) is -0.738. The molecular weight excluding hydrogens is 244 g/mol. The van der Waals surface area contributed by atoms with E-state index in [1.165, 1.54) is 0 Å². The Labute approximate surface area is 112 Å². The lowest BCUT2D eigenvalue weighted by molar-refractivity contribution is -0.139. The van der Waals surface area contributed by atoms with Crippen LogP contribution in [0.2, 0.25) is 0 Å². The molecule has 0 aliphatic carbocycles. The molecule has 0 radical (unpaired) electrons. The van der Waals surface area contributed by atoms with Gasteiger partial charge in [0.1, 0.15) is 6.04 Å². The van der Waals surface area contributed by atoms with Gasteiger partial charge in [0.15, 0.2) is 0 Å². The van der Waals surface area contributed by atoms with Gasteiger partial charge in [0, 0.05) is 18.0 Å². The van der Waals surface area contributed by atoms with Crippen LogP contribution >= 0.6 is 0 Å². The van der Waals surface area contributed by atoms with Crippen molar-refractivity contribution in [3.05, 3.63) is 46.3 Å². The quantitative estimate of drug-likeness (QED) is 0.326. The van der Waals surface area contributed by atoms with Gasteiger partial charge in [-0.15, -0.1) is 0 Å². The van der Waals surface area contributed by atoms with E-state index >= 15 is 0 Å². The summed E-state index contributed by atoms with van der Waals surface area (Å²) >= 11 is 0. The Morgan fingerprint density at radius 3 is 2.74 bits per heavy atom. The highest BCUT2D eigenvalue weighted by molar-refractivity contribution is 5.73. The maximum absolute atomic E-state index is 11.2. The first-order chi connectivity index (χ1) is 9.15. The molecule has 19 heavy (non-hydrogen) atoms. The number of nitrogens with zero attached hydrogens (tertiary/aromatic N) is 3. The summed E-state index contributed by atoms with van der Waals surface area (Å²) in [5, 5.41) is 15.4. The lowest BCUT2D eigenvalue weighted by Crippen LogP contribution is -2.39. The predicted octanol–water partition coefficient (Wildman–Crippen LogP) is 2.53. The molecule has 1 aromatic rings. The fraction of sp³-hybridized carbons (Fsp3) is 0.462. The number of rotatable bonds is 8. The maximum Gasteiger partial charge on any atom is 0.320 e. The highest BCUT2D eigenvalue weighted by atomic mass is 16.4. The molecule has 0 spiro atoms. The van der Waals surface area contributed by atoms with E-state index in [1.54, 1.807) is 0 Å². The third-order valence-corrected chi connectivity index (χ3v) is 2.92. The van der Waals surface area contributed by atoms with E-state index in [-0.39, 0.29) is 12.5 Å². The largest absolute Gasteiger partial charge is 0.480 e. The Morgan fingerprint density at radius 2 is 2.16 bits per heavy atom. The van der Waals surface area contributed by atoms with Crippen LogP contribution in [0.1, 0.15) is 24.8 Å². The molecule has 0 saturated heterocycles. The van der Waals surface area contributed by atoms with Crippen molar-refractivity contribution in [3.8, 4) is 0 Å². The van der Waals surface area contributed by atoms with Gasteiger partial charge in [0.25, 0.3) is 0 Å². The average Bonchev–Trinajstić information content (AvgIpc) is 2.42. The van der Waals surface area contributed by atoms with Gasteiger partial charge < -0.3 is 10.4 Å². The first kappa shape index (κ1) is 15.0. The van der Waals surface area contributed by atoms with Gasteiger partial charge >= 0.3 is 5.97 Å². The van der Waals surface area contributed by atoms with Gasteiger partial charge in [-0.3, -0.25) is 4.79 Å². The summed E-state index contributed by atoms with van der Waals surface area (Å²) in [7, 11) is 0. The highest BCUT2D eigenvalue weighted by Gasteiger charge is 2.20. The van der Waals surface area contributed by atoms with E-state index in [4.69, 9.17) is 10.6 Å². The number of carboxylic acids is 1. The topological polar surface area (TPSA) is 98.1 Å². The number of carboxylic acid groups (broad SMARTS) is 1. The smallest absolute Gasteiger partial charge is 0.320 e. The molecule has 0 fully saturated rings. The van der Waals surface area contributed by atoms with Crippen LogP contribution in [0.3, 0.4) is 0 Å². The minimum Gasteiger partial charge on any atom is -0.480 e. The lowest BCUT2D eigenvalue weighted by atomic mass is 9.94. The minimum absolute atomic E-state index is 0.147. The predicted molar refractivity (Wildman–Crippen MR) is 72.9 cm³/mol. The fourth-order valence-electron chi connectivity index (χ4n) is 1.88. The fourth-order valence-corrected chi connectivity index (χ4v) is 1.88. The molecule has 0 bridgehead atoms. The lowest BCUT2D eigenvalue weighted by Gasteiger charge is -2.18. The minimum atomic E-state index is -0.885. The molecule has 0 aliphatic heterocycles. The van der Waals surface area contributed by atoms with Crippen molar-refractivity contribution in [2.24, 2.45) is 5.11 Å². The number of benzene rings is 1. The first-order valence-corrected chi connectivity index (χ1v) is 6.17. The third-order valence-electron chi connectivity index (χ3n) is 2.92. The molecule has 1 rings (SSSR count). The maximum atomic E-state index is 11.2. The van der Waals surface area contributed by atoms with E-state index < -0.39 is 12.0 Å². The molecule has 2 N–H and O–H groups in total. The van der Waals surface area contributed by atoms with Gasteiger partial charge in [-0.05, 0) is 23.4 Å². The van der Waals surface area contributed by atoms with Crippen molar-refractivity contribution in [3.63, 3.8) is 0 Å². The third kappa shape index (κ3) is 5.42. The number of azide groups is 1. The van der Waals surface area contributed by atoms with Crippen LogP contribution < -0.4 is 5.32 Å². The normalized spacial score (nSPS) is 13.3. The Bertz CT molecular complexity index is 443. The van der Waals surface area contributed by atoms with Crippen LogP contribution in [0.5, 0.6) is 0 Å². The molecule has 1 aromatic carbocycles. The number of hydrogen-bond acceptors (Lipinski definition) is 3. The van der Waals surface area contributed by atoms with E-state index in [1.807, 2.05) is 37.3 Å². The first-order valence-electron chi connectivity index (χ1n) is 6.17. The van der Waals surface area contributed by atoms with Crippen molar-refractivity contribution in [2.45, 2.75) is 25.3 Å². The second-order valence-corrected chi connectivity index (χ2v) is 4.35. The highest BCUT2D eigenvalue weighted by Crippen LogP contribution is 2.20. The molecule has 0 amide bonds. The zero-order valence-electron chi connectivity index (χ0n) is 10.9. The van der Waals surface area contributed by atoms with E-state index in [9.17, 15) is 4.79 Å². The van der Waals surface area contributed by atoms with Crippen LogP contribution in [-0.2, 0) is 4.79 Å². The van der Waals surface area contributed by atoms with Crippen LogP contribution in [-0.4, -0.2) is 30.2 Å². The Kier molecular flexibility index (Phi) is 6.43. The monoisotopic (exact) mass is 262 g/mol. The summed E-state index contributed by atoms with van der Waals surface area (Å²) in [4.78, 5) is 13.8. The zero-order chi connectivity index (χ0) is 14.1. The second-order valence-electron chi connectivity index (χ2n) is 4.35. The zero-order valence-corrected chi connectivity index (χ0v) is 10.9. The van der Waals surface area contributed by atoms with E-state index in [0.29, 0.717) is 13.0 Å². The van der Waals surface area contributed by atoms with Crippen LogP contribution in [0.25, 0.3) is 10.4 Å². The molecule has 0 heterocycles. The summed E-state index contributed by atoms with van der Waals surface area (Å²) in [6.45, 7) is 2.61. The second kappa shape index (κ2) is 8.13. The molecule has 6 nitrogen and oxygen atoms in total. The average molecular weight is 262 g/mol. The SMILES string of the molecule is CC(CC(NCCN=[N+]=[N-])C(=O)O)c1ccccc1. The number of hydrogen-bond donors (Lipinski definition) is 2.